The van der Waals surface area contributed by atoms with E-state index in [0.717, 1.165) is 0 Å². The molecule has 0 aromatic heterocycles. The third-order valence-corrected chi connectivity index (χ3v) is 3.48. The van der Waals surface area contributed by atoms with E-state index in [9.17, 15) is 10.2 Å². The molecule has 2 rings (SSSR count). The maximum absolute atomic E-state index is 9.38. The van der Waals surface area contributed by atoms with Gasteiger partial charge in [-0.05, 0) is 30.9 Å². The minimum Gasteiger partial charge on any atom is -0.497 e. The summed E-state index contributed by atoms with van der Waals surface area (Å²) in [7, 11) is 1.56. The molecular formula is C14H20O4. The molecule has 0 atom stereocenters. The molecule has 0 aliphatic heterocycles. The fourth-order valence-electron chi connectivity index (χ4n) is 2.12. The summed E-state index contributed by atoms with van der Waals surface area (Å²) in [5.41, 5.74) is 1.33. The van der Waals surface area contributed by atoms with Crippen molar-refractivity contribution in [3.63, 3.8) is 0 Å². The molecule has 1 aromatic rings. The second kappa shape index (κ2) is 6.07. The van der Waals surface area contributed by atoms with Crippen LogP contribution in [-0.2, 0) is 13.2 Å². The predicted octanol–water partition coefficient (Wildman–Crippen LogP) is 1.86. The van der Waals surface area contributed by atoms with Gasteiger partial charge in [-0.25, -0.2) is 0 Å². The molecule has 4 nitrogen and oxygen atoms in total. The van der Waals surface area contributed by atoms with Crippen LogP contribution < -0.4 is 9.47 Å². The highest BCUT2D eigenvalue weighted by atomic mass is 16.5. The molecular weight excluding hydrogens is 232 g/mol. The van der Waals surface area contributed by atoms with E-state index in [4.69, 9.17) is 9.47 Å². The van der Waals surface area contributed by atoms with Crippen LogP contribution in [0, 0.1) is 5.92 Å². The van der Waals surface area contributed by atoms with Crippen LogP contribution in [0.2, 0.25) is 0 Å². The zero-order chi connectivity index (χ0) is 13.0. The van der Waals surface area contributed by atoms with Gasteiger partial charge in [0, 0.05) is 11.1 Å². The Balaban J connectivity index is 2.18. The first-order valence-corrected chi connectivity index (χ1v) is 6.32. The van der Waals surface area contributed by atoms with Crippen LogP contribution in [0.15, 0.2) is 12.1 Å². The summed E-state index contributed by atoms with van der Waals surface area (Å²) in [4.78, 5) is 0. The number of aliphatic hydroxyl groups excluding tert-OH is 2. The Morgan fingerprint density at radius 1 is 1.17 bits per heavy atom. The van der Waals surface area contributed by atoms with E-state index >= 15 is 0 Å². The van der Waals surface area contributed by atoms with Crippen molar-refractivity contribution < 1.29 is 19.7 Å². The third kappa shape index (κ3) is 2.76. The molecule has 1 aliphatic rings. The number of ether oxygens (including phenoxy) is 2. The minimum absolute atomic E-state index is 0.121. The Morgan fingerprint density at radius 3 is 2.17 bits per heavy atom. The number of benzene rings is 1. The van der Waals surface area contributed by atoms with Crippen LogP contribution in [0.3, 0.4) is 0 Å². The van der Waals surface area contributed by atoms with Crippen molar-refractivity contribution in [2.24, 2.45) is 5.92 Å². The highest BCUT2D eigenvalue weighted by Crippen LogP contribution is 2.32. The lowest BCUT2D eigenvalue weighted by molar-refractivity contribution is 0.170. The average Bonchev–Trinajstić information content (AvgIpc) is 2.36. The van der Waals surface area contributed by atoms with E-state index in [1.54, 1.807) is 19.2 Å². The van der Waals surface area contributed by atoms with Crippen LogP contribution in [0.1, 0.15) is 30.4 Å². The summed E-state index contributed by atoms with van der Waals surface area (Å²) in [6.07, 6.45) is 3.69. The van der Waals surface area contributed by atoms with Gasteiger partial charge in [-0.3, -0.25) is 0 Å². The fraction of sp³-hybridized carbons (Fsp3) is 0.571. The summed E-state index contributed by atoms with van der Waals surface area (Å²) in [6, 6.07) is 3.49. The van der Waals surface area contributed by atoms with Gasteiger partial charge in [-0.1, -0.05) is 6.42 Å². The molecule has 0 unspecified atom stereocenters. The molecule has 18 heavy (non-hydrogen) atoms. The predicted molar refractivity (Wildman–Crippen MR) is 67.7 cm³/mol. The number of hydrogen-bond acceptors (Lipinski definition) is 4. The van der Waals surface area contributed by atoms with Gasteiger partial charge < -0.3 is 19.7 Å². The van der Waals surface area contributed by atoms with E-state index in [2.05, 4.69) is 0 Å². The van der Waals surface area contributed by atoms with Crippen LogP contribution >= 0.6 is 0 Å². The van der Waals surface area contributed by atoms with Crippen LogP contribution in [0.4, 0.5) is 0 Å². The molecule has 0 heterocycles. The van der Waals surface area contributed by atoms with Crippen LogP contribution in [0.5, 0.6) is 11.5 Å². The van der Waals surface area contributed by atoms with Crippen molar-refractivity contribution in [1.29, 1.82) is 0 Å². The van der Waals surface area contributed by atoms with E-state index < -0.39 is 0 Å². The van der Waals surface area contributed by atoms with E-state index in [-0.39, 0.29) is 13.2 Å². The molecule has 0 spiro atoms. The first-order valence-electron chi connectivity index (χ1n) is 6.32. The van der Waals surface area contributed by atoms with E-state index in [1.807, 2.05) is 0 Å². The van der Waals surface area contributed by atoms with E-state index in [0.29, 0.717) is 35.2 Å². The quantitative estimate of drug-likeness (QED) is 0.811. The van der Waals surface area contributed by atoms with Gasteiger partial charge in [0.1, 0.15) is 11.5 Å². The van der Waals surface area contributed by atoms with Gasteiger partial charge in [0.15, 0.2) is 0 Å². The van der Waals surface area contributed by atoms with Gasteiger partial charge in [-0.15, -0.1) is 0 Å². The third-order valence-electron chi connectivity index (χ3n) is 3.48. The van der Waals surface area contributed by atoms with Crippen LogP contribution in [-0.4, -0.2) is 23.9 Å². The highest BCUT2D eigenvalue weighted by Gasteiger charge is 2.20. The lowest BCUT2D eigenvalue weighted by Crippen LogP contribution is -2.20. The SMILES string of the molecule is COc1cc(CO)c(OCC2CCC2)c(CO)c1. The summed E-state index contributed by atoms with van der Waals surface area (Å²) in [5, 5.41) is 18.8. The average molecular weight is 252 g/mol. The Bertz CT molecular complexity index is 374. The highest BCUT2D eigenvalue weighted by molar-refractivity contribution is 5.46. The second-order valence-electron chi connectivity index (χ2n) is 4.70. The van der Waals surface area contributed by atoms with Gasteiger partial charge in [0.25, 0.3) is 0 Å². The van der Waals surface area contributed by atoms with Crippen molar-refractivity contribution in [2.75, 3.05) is 13.7 Å². The fourth-order valence-corrected chi connectivity index (χ4v) is 2.12. The Hall–Kier alpha value is -1.26. The monoisotopic (exact) mass is 252 g/mol. The largest absolute Gasteiger partial charge is 0.497 e. The number of aliphatic hydroxyl groups is 2. The van der Waals surface area contributed by atoms with Crippen molar-refractivity contribution in [2.45, 2.75) is 32.5 Å². The number of methoxy groups -OCH3 is 1. The molecule has 1 saturated carbocycles. The smallest absolute Gasteiger partial charge is 0.130 e. The Morgan fingerprint density at radius 2 is 1.78 bits per heavy atom. The minimum atomic E-state index is -0.121. The molecule has 1 aliphatic carbocycles. The van der Waals surface area contributed by atoms with Gasteiger partial charge in [-0.2, -0.15) is 0 Å². The van der Waals surface area contributed by atoms with Crippen molar-refractivity contribution in [3.05, 3.63) is 23.3 Å². The first-order chi connectivity index (χ1) is 8.78. The zero-order valence-corrected chi connectivity index (χ0v) is 10.7. The lowest BCUT2D eigenvalue weighted by Gasteiger charge is -2.26. The summed E-state index contributed by atoms with van der Waals surface area (Å²) in [5.74, 6) is 1.84. The molecule has 2 N–H and O–H groups in total. The molecule has 1 fully saturated rings. The van der Waals surface area contributed by atoms with Gasteiger partial charge in [0.05, 0.1) is 26.9 Å². The molecule has 0 radical (unpaired) electrons. The second-order valence-corrected chi connectivity index (χ2v) is 4.70. The zero-order valence-electron chi connectivity index (χ0n) is 10.7. The van der Waals surface area contributed by atoms with E-state index in [1.165, 1.54) is 19.3 Å². The topological polar surface area (TPSA) is 58.9 Å². The number of rotatable bonds is 6. The number of hydrogen-bond donors (Lipinski definition) is 2. The van der Waals surface area contributed by atoms with Crippen LogP contribution in [0.25, 0.3) is 0 Å². The molecule has 4 heteroatoms. The molecule has 0 bridgehead atoms. The summed E-state index contributed by atoms with van der Waals surface area (Å²) in [6.45, 7) is 0.417. The van der Waals surface area contributed by atoms with Crippen molar-refractivity contribution >= 4 is 0 Å². The molecule has 100 valence electrons. The maximum Gasteiger partial charge on any atom is 0.130 e. The first kappa shape index (κ1) is 13.2. The molecule has 1 aromatic carbocycles. The summed E-state index contributed by atoms with van der Waals surface area (Å²) < 4.78 is 10.9. The standard InChI is InChI=1S/C14H20O4/c1-17-13-5-11(7-15)14(12(6-13)8-16)18-9-10-3-2-4-10/h5-6,10,15-16H,2-4,7-9H2,1H3. The van der Waals surface area contributed by atoms with Gasteiger partial charge in [0.2, 0.25) is 0 Å². The maximum atomic E-state index is 9.38. The Labute approximate surface area is 107 Å². The van der Waals surface area contributed by atoms with Crippen molar-refractivity contribution in [1.82, 2.24) is 0 Å². The molecule has 0 amide bonds. The lowest BCUT2D eigenvalue weighted by atomic mass is 9.86. The normalized spacial score (nSPS) is 15.3. The van der Waals surface area contributed by atoms with Crippen molar-refractivity contribution in [3.8, 4) is 11.5 Å². The van der Waals surface area contributed by atoms with Gasteiger partial charge >= 0.3 is 0 Å². The summed E-state index contributed by atoms with van der Waals surface area (Å²) >= 11 is 0. The Kier molecular flexibility index (Phi) is 4.44. The molecule has 0 saturated heterocycles.